The zero-order chi connectivity index (χ0) is 13.1. The van der Waals surface area contributed by atoms with Crippen molar-refractivity contribution in [1.29, 1.82) is 0 Å². The number of nitro benzene ring substituents is 1. The molecular weight excluding hydrogens is 236 g/mol. The molecule has 0 spiro atoms. The molecule has 0 unspecified atom stereocenters. The Morgan fingerprint density at radius 1 is 1.39 bits per heavy atom. The monoisotopic (exact) mass is 252 g/mol. The van der Waals surface area contributed by atoms with Gasteiger partial charge >= 0.3 is 5.69 Å². The predicted molar refractivity (Wildman–Crippen MR) is 66.1 cm³/mol. The summed E-state index contributed by atoms with van der Waals surface area (Å²) in [5, 5.41) is 14.2. The van der Waals surface area contributed by atoms with Crippen molar-refractivity contribution in [3.63, 3.8) is 0 Å². The molecule has 0 radical (unpaired) electrons. The largest absolute Gasteiger partial charge is 0.486 e. The number of benzene rings is 1. The summed E-state index contributed by atoms with van der Waals surface area (Å²) in [7, 11) is 0. The molecule has 98 valence electrons. The Morgan fingerprint density at radius 2 is 2.11 bits per heavy atom. The standard InChI is InChI=1S/C12H16N2O4/c1-8(2)13-7-9-5-10(14(15)16)12-11(6-9)17-3-4-18-12/h5-6,8,13H,3-4,7H2,1-2H3. The second-order valence-corrected chi connectivity index (χ2v) is 4.43. The van der Waals surface area contributed by atoms with Crippen molar-refractivity contribution in [3.05, 3.63) is 27.8 Å². The van der Waals surface area contributed by atoms with E-state index in [1.807, 2.05) is 13.8 Å². The first-order chi connectivity index (χ1) is 8.58. The molecule has 0 aliphatic carbocycles. The highest BCUT2D eigenvalue weighted by Gasteiger charge is 2.25. The van der Waals surface area contributed by atoms with Crippen LogP contribution in [0.2, 0.25) is 0 Å². The summed E-state index contributed by atoms with van der Waals surface area (Å²) in [5.74, 6) is 0.690. The van der Waals surface area contributed by atoms with Crippen LogP contribution in [-0.4, -0.2) is 24.2 Å². The minimum absolute atomic E-state index is 0.0345. The molecule has 0 atom stereocenters. The summed E-state index contributed by atoms with van der Waals surface area (Å²) in [6.45, 7) is 5.37. The van der Waals surface area contributed by atoms with E-state index in [1.165, 1.54) is 6.07 Å². The third-order valence-corrected chi connectivity index (χ3v) is 2.59. The predicted octanol–water partition coefficient (Wildman–Crippen LogP) is 1.86. The first kappa shape index (κ1) is 12.6. The average molecular weight is 252 g/mol. The van der Waals surface area contributed by atoms with Crippen LogP contribution in [0.25, 0.3) is 0 Å². The van der Waals surface area contributed by atoms with E-state index in [4.69, 9.17) is 9.47 Å². The first-order valence-electron chi connectivity index (χ1n) is 5.88. The molecule has 6 nitrogen and oxygen atoms in total. The molecule has 18 heavy (non-hydrogen) atoms. The second kappa shape index (κ2) is 5.22. The highest BCUT2D eigenvalue weighted by atomic mass is 16.6. The average Bonchev–Trinajstić information content (AvgIpc) is 2.35. The van der Waals surface area contributed by atoms with Crippen LogP contribution in [0.15, 0.2) is 12.1 Å². The van der Waals surface area contributed by atoms with Gasteiger partial charge < -0.3 is 14.8 Å². The molecule has 6 heteroatoms. The maximum atomic E-state index is 11.0. The Bertz CT molecular complexity index is 460. The van der Waals surface area contributed by atoms with E-state index >= 15 is 0 Å². The Labute approximate surface area is 105 Å². The van der Waals surface area contributed by atoms with Gasteiger partial charge in [-0.15, -0.1) is 0 Å². The van der Waals surface area contributed by atoms with Crippen LogP contribution < -0.4 is 14.8 Å². The number of ether oxygens (including phenoxy) is 2. The van der Waals surface area contributed by atoms with Gasteiger partial charge in [-0.3, -0.25) is 10.1 Å². The zero-order valence-corrected chi connectivity index (χ0v) is 10.4. The Kier molecular flexibility index (Phi) is 3.66. The third-order valence-electron chi connectivity index (χ3n) is 2.59. The molecule has 1 aromatic rings. The van der Waals surface area contributed by atoms with Crippen molar-refractivity contribution in [2.24, 2.45) is 0 Å². The molecule has 0 saturated carbocycles. The van der Waals surface area contributed by atoms with Crippen molar-refractivity contribution in [3.8, 4) is 11.5 Å². The lowest BCUT2D eigenvalue weighted by Gasteiger charge is -2.19. The summed E-state index contributed by atoms with van der Waals surface area (Å²) >= 11 is 0. The Morgan fingerprint density at radius 3 is 2.78 bits per heavy atom. The van der Waals surface area contributed by atoms with Crippen molar-refractivity contribution in [1.82, 2.24) is 5.32 Å². The maximum absolute atomic E-state index is 11.0. The van der Waals surface area contributed by atoms with Gasteiger partial charge in [0.1, 0.15) is 13.2 Å². The van der Waals surface area contributed by atoms with Crippen LogP contribution in [0.3, 0.4) is 0 Å². The minimum atomic E-state index is -0.438. The van der Waals surface area contributed by atoms with Crippen molar-refractivity contribution >= 4 is 5.69 Å². The number of nitrogens with one attached hydrogen (secondary N) is 1. The van der Waals surface area contributed by atoms with Crippen LogP contribution in [-0.2, 0) is 6.54 Å². The fourth-order valence-electron chi connectivity index (χ4n) is 1.75. The molecule has 1 heterocycles. The number of rotatable bonds is 4. The van der Waals surface area contributed by atoms with Gasteiger partial charge in [0.25, 0.3) is 0 Å². The highest BCUT2D eigenvalue weighted by Crippen LogP contribution is 2.40. The van der Waals surface area contributed by atoms with Crippen LogP contribution in [0.1, 0.15) is 19.4 Å². The molecule has 0 saturated heterocycles. The SMILES string of the molecule is CC(C)NCc1cc2c(c([N+](=O)[O-])c1)OCCO2. The summed E-state index contributed by atoms with van der Waals surface area (Å²) in [6.07, 6.45) is 0. The van der Waals surface area contributed by atoms with Crippen LogP contribution in [0.5, 0.6) is 11.5 Å². The summed E-state index contributed by atoms with van der Waals surface area (Å²) < 4.78 is 10.7. The number of hydrogen-bond donors (Lipinski definition) is 1. The van der Waals surface area contributed by atoms with Crippen molar-refractivity contribution in [2.75, 3.05) is 13.2 Å². The van der Waals surface area contributed by atoms with Gasteiger partial charge in [0, 0.05) is 18.7 Å². The van der Waals surface area contributed by atoms with E-state index < -0.39 is 4.92 Å². The van der Waals surface area contributed by atoms with Crippen LogP contribution >= 0.6 is 0 Å². The van der Waals surface area contributed by atoms with Gasteiger partial charge in [-0.25, -0.2) is 0 Å². The molecular formula is C12H16N2O4. The molecule has 1 N–H and O–H groups in total. The number of nitrogens with zero attached hydrogens (tertiary/aromatic N) is 1. The van der Waals surface area contributed by atoms with Crippen molar-refractivity contribution < 1.29 is 14.4 Å². The zero-order valence-electron chi connectivity index (χ0n) is 10.4. The van der Waals surface area contributed by atoms with Crippen molar-refractivity contribution in [2.45, 2.75) is 26.4 Å². The van der Waals surface area contributed by atoms with E-state index in [1.54, 1.807) is 6.07 Å². The lowest BCUT2D eigenvalue weighted by Crippen LogP contribution is -2.22. The molecule has 0 bridgehead atoms. The van der Waals surface area contributed by atoms with E-state index in [9.17, 15) is 10.1 Å². The molecule has 0 amide bonds. The summed E-state index contributed by atoms with van der Waals surface area (Å²) in [5.41, 5.74) is 0.785. The minimum Gasteiger partial charge on any atom is -0.486 e. The molecule has 1 aromatic carbocycles. The quantitative estimate of drug-likeness (QED) is 0.654. The fourth-order valence-corrected chi connectivity index (χ4v) is 1.75. The molecule has 1 aliphatic rings. The third kappa shape index (κ3) is 2.70. The van der Waals surface area contributed by atoms with Gasteiger partial charge in [0.05, 0.1) is 4.92 Å². The molecule has 1 aliphatic heterocycles. The van der Waals surface area contributed by atoms with Crippen LogP contribution in [0.4, 0.5) is 5.69 Å². The number of hydrogen-bond acceptors (Lipinski definition) is 5. The smallest absolute Gasteiger partial charge is 0.315 e. The lowest BCUT2D eigenvalue weighted by atomic mass is 10.1. The normalized spacial score (nSPS) is 13.7. The summed E-state index contributed by atoms with van der Waals surface area (Å²) in [4.78, 5) is 10.6. The Hall–Kier alpha value is -1.82. The maximum Gasteiger partial charge on any atom is 0.315 e. The van der Waals surface area contributed by atoms with E-state index in [0.29, 0.717) is 31.5 Å². The fraction of sp³-hybridized carbons (Fsp3) is 0.500. The highest BCUT2D eigenvalue weighted by molar-refractivity contribution is 5.58. The first-order valence-corrected chi connectivity index (χ1v) is 5.88. The van der Waals surface area contributed by atoms with Gasteiger partial charge in [-0.05, 0) is 11.6 Å². The number of fused-ring (bicyclic) bond motifs is 1. The van der Waals surface area contributed by atoms with Gasteiger partial charge in [0.15, 0.2) is 5.75 Å². The van der Waals surface area contributed by atoms with E-state index in [-0.39, 0.29) is 11.4 Å². The molecule has 0 aromatic heterocycles. The van der Waals surface area contributed by atoms with Gasteiger partial charge in [-0.2, -0.15) is 0 Å². The van der Waals surface area contributed by atoms with Gasteiger partial charge in [0.2, 0.25) is 5.75 Å². The van der Waals surface area contributed by atoms with Gasteiger partial charge in [-0.1, -0.05) is 13.8 Å². The second-order valence-electron chi connectivity index (χ2n) is 4.43. The lowest BCUT2D eigenvalue weighted by molar-refractivity contribution is -0.386. The molecule has 2 rings (SSSR count). The number of nitro groups is 1. The van der Waals surface area contributed by atoms with E-state index in [2.05, 4.69) is 5.32 Å². The van der Waals surface area contributed by atoms with E-state index in [0.717, 1.165) is 5.56 Å². The molecule has 0 fully saturated rings. The topological polar surface area (TPSA) is 73.6 Å². The van der Waals surface area contributed by atoms with Crippen LogP contribution in [0, 0.1) is 10.1 Å². The Balaban J connectivity index is 2.32. The summed E-state index contributed by atoms with van der Waals surface area (Å²) in [6, 6.07) is 3.64.